The van der Waals surface area contributed by atoms with Gasteiger partial charge in [0, 0.05) is 13.6 Å². The van der Waals surface area contributed by atoms with E-state index in [1.807, 2.05) is 13.8 Å². The fourth-order valence-electron chi connectivity index (χ4n) is 1.71. The first-order valence-electron chi connectivity index (χ1n) is 6.23. The van der Waals surface area contributed by atoms with Gasteiger partial charge in [0.05, 0.1) is 13.2 Å². The summed E-state index contributed by atoms with van der Waals surface area (Å²) < 4.78 is 5.04. The van der Waals surface area contributed by atoms with Crippen LogP contribution in [0.2, 0.25) is 0 Å². The van der Waals surface area contributed by atoms with Crippen LogP contribution in [-0.4, -0.2) is 36.1 Å². The molecule has 0 aliphatic rings. The molecule has 0 aliphatic heterocycles. The van der Waals surface area contributed by atoms with Gasteiger partial charge in [0.15, 0.2) is 11.5 Å². The Labute approximate surface area is 114 Å². The highest BCUT2D eigenvalue weighted by atomic mass is 16.5. The van der Waals surface area contributed by atoms with E-state index in [0.29, 0.717) is 12.3 Å². The van der Waals surface area contributed by atoms with E-state index in [1.165, 1.54) is 7.11 Å². The number of likely N-dealkylation sites (N-methyl/N-ethyl adjacent to an activating group) is 1. The molecule has 0 saturated carbocycles. The average molecular weight is 266 g/mol. The summed E-state index contributed by atoms with van der Waals surface area (Å²) in [5, 5.41) is 9.51. The summed E-state index contributed by atoms with van der Waals surface area (Å²) in [6.07, 6.45) is 0. The van der Waals surface area contributed by atoms with Crippen molar-refractivity contribution < 1.29 is 14.6 Å². The van der Waals surface area contributed by atoms with Crippen LogP contribution in [0.15, 0.2) is 18.2 Å². The zero-order valence-electron chi connectivity index (χ0n) is 11.9. The number of hydrogen-bond donors (Lipinski definition) is 2. The van der Waals surface area contributed by atoms with Crippen molar-refractivity contribution in [2.24, 2.45) is 11.7 Å². The lowest BCUT2D eigenvalue weighted by molar-refractivity contribution is -0.132. The van der Waals surface area contributed by atoms with Crippen molar-refractivity contribution in [1.82, 2.24) is 4.90 Å². The number of ether oxygens (including phenoxy) is 1. The van der Waals surface area contributed by atoms with Crippen molar-refractivity contribution in [3.8, 4) is 11.5 Å². The first-order chi connectivity index (χ1) is 8.86. The summed E-state index contributed by atoms with van der Waals surface area (Å²) in [5.41, 5.74) is 6.72. The second-order valence-electron chi connectivity index (χ2n) is 4.97. The Kier molecular flexibility index (Phi) is 5.18. The number of amides is 1. The van der Waals surface area contributed by atoms with Crippen molar-refractivity contribution in [2.75, 3.05) is 14.2 Å². The maximum atomic E-state index is 12.0. The highest BCUT2D eigenvalue weighted by molar-refractivity contribution is 5.81. The summed E-state index contributed by atoms with van der Waals surface area (Å²) in [7, 11) is 3.20. The summed E-state index contributed by atoms with van der Waals surface area (Å²) in [6.45, 7) is 4.26. The van der Waals surface area contributed by atoms with E-state index in [-0.39, 0.29) is 17.6 Å². The van der Waals surface area contributed by atoms with Crippen LogP contribution in [0.3, 0.4) is 0 Å². The molecule has 1 amide bonds. The maximum absolute atomic E-state index is 12.0. The zero-order chi connectivity index (χ0) is 14.6. The molecule has 0 aromatic heterocycles. The van der Waals surface area contributed by atoms with Gasteiger partial charge in [-0.15, -0.1) is 0 Å². The molecule has 3 N–H and O–H groups in total. The van der Waals surface area contributed by atoms with Gasteiger partial charge in [-0.05, 0) is 23.6 Å². The number of nitrogens with zero attached hydrogens (tertiary/aromatic N) is 1. The molecule has 5 nitrogen and oxygen atoms in total. The minimum Gasteiger partial charge on any atom is -0.504 e. The van der Waals surface area contributed by atoms with E-state index in [2.05, 4.69) is 0 Å². The van der Waals surface area contributed by atoms with Crippen LogP contribution in [0.4, 0.5) is 0 Å². The first kappa shape index (κ1) is 15.3. The third kappa shape index (κ3) is 3.86. The molecular formula is C14H22N2O3. The Morgan fingerprint density at radius 3 is 2.63 bits per heavy atom. The molecule has 0 fully saturated rings. The van der Waals surface area contributed by atoms with E-state index in [0.717, 1.165) is 5.56 Å². The Morgan fingerprint density at radius 2 is 2.11 bits per heavy atom. The molecule has 5 heteroatoms. The highest BCUT2D eigenvalue weighted by Crippen LogP contribution is 2.26. The molecule has 1 aromatic carbocycles. The SMILES string of the molecule is COc1cc(CN(C)C(=O)C(N)C(C)C)ccc1O. The van der Waals surface area contributed by atoms with Crippen molar-refractivity contribution in [2.45, 2.75) is 26.4 Å². The van der Waals surface area contributed by atoms with Crippen molar-refractivity contribution in [1.29, 1.82) is 0 Å². The summed E-state index contributed by atoms with van der Waals surface area (Å²) >= 11 is 0. The van der Waals surface area contributed by atoms with E-state index in [1.54, 1.807) is 30.1 Å². The quantitative estimate of drug-likeness (QED) is 0.843. The van der Waals surface area contributed by atoms with Crippen LogP contribution in [0.25, 0.3) is 0 Å². The third-order valence-electron chi connectivity index (χ3n) is 3.04. The van der Waals surface area contributed by atoms with Gasteiger partial charge in [-0.25, -0.2) is 0 Å². The lowest BCUT2D eigenvalue weighted by Gasteiger charge is -2.23. The normalized spacial score (nSPS) is 12.3. The zero-order valence-corrected chi connectivity index (χ0v) is 11.9. The molecule has 0 radical (unpaired) electrons. The predicted octanol–water partition coefficient (Wildman–Crippen LogP) is 1.34. The van der Waals surface area contributed by atoms with Crippen LogP contribution in [-0.2, 0) is 11.3 Å². The van der Waals surface area contributed by atoms with Gasteiger partial charge in [0.25, 0.3) is 0 Å². The van der Waals surface area contributed by atoms with Crippen LogP contribution in [0.5, 0.6) is 11.5 Å². The molecule has 1 unspecified atom stereocenters. The summed E-state index contributed by atoms with van der Waals surface area (Å²) in [6, 6.07) is 4.52. The van der Waals surface area contributed by atoms with E-state index in [4.69, 9.17) is 10.5 Å². The smallest absolute Gasteiger partial charge is 0.239 e. The van der Waals surface area contributed by atoms with Crippen LogP contribution >= 0.6 is 0 Å². The van der Waals surface area contributed by atoms with Gasteiger partial charge in [-0.2, -0.15) is 0 Å². The van der Waals surface area contributed by atoms with Gasteiger partial charge in [0.2, 0.25) is 5.91 Å². The molecule has 1 aromatic rings. The van der Waals surface area contributed by atoms with Crippen molar-refractivity contribution in [3.05, 3.63) is 23.8 Å². The average Bonchev–Trinajstić information content (AvgIpc) is 2.38. The van der Waals surface area contributed by atoms with Crippen molar-refractivity contribution >= 4 is 5.91 Å². The van der Waals surface area contributed by atoms with E-state index < -0.39 is 6.04 Å². The monoisotopic (exact) mass is 266 g/mol. The van der Waals surface area contributed by atoms with Crippen molar-refractivity contribution in [3.63, 3.8) is 0 Å². The Bertz CT molecular complexity index is 446. The number of phenols is 1. The van der Waals surface area contributed by atoms with E-state index >= 15 is 0 Å². The minimum atomic E-state index is -0.496. The number of carbonyl (C=O) groups excluding carboxylic acids is 1. The Hall–Kier alpha value is -1.75. The number of nitrogens with two attached hydrogens (primary N) is 1. The fourth-order valence-corrected chi connectivity index (χ4v) is 1.71. The molecular weight excluding hydrogens is 244 g/mol. The molecule has 0 spiro atoms. The minimum absolute atomic E-state index is 0.0825. The molecule has 0 heterocycles. The molecule has 106 valence electrons. The second-order valence-corrected chi connectivity index (χ2v) is 4.97. The second kappa shape index (κ2) is 6.43. The standard InChI is InChI=1S/C14H22N2O3/c1-9(2)13(15)14(18)16(3)8-10-5-6-11(17)12(7-10)19-4/h5-7,9,13,17H,8,15H2,1-4H3. The van der Waals surface area contributed by atoms with Gasteiger partial charge in [-0.1, -0.05) is 19.9 Å². The number of hydrogen-bond acceptors (Lipinski definition) is 4. The number of aromatic hydroxyl groups is 1. The summed E-state index contributed by atoms with van der Waals surface area (Å²) in [4.78, 5) is 13.6. The molecule has 1 rings (SSSR count). The van der Waals surface area contributed by atoms with Gasteiger partial charge >= 0.3 is 0 Å². The largest absolute Gasteiger partial charge is 0.504 e. The fraction of sp³-hybridized carbons (Fsp3) is 0.500. The molecule has 0 saturated heterocycles. The third-order valence-corrected chi connectivity index (χ3v) is 3.04. The number of methoxy groups -OCH3 is 1. The molecule has 19 heavy (non-hydrogen) atoms. The number of phenolic OH excluding ortho intramolecular Hbond substituents is 1. The highest BCUT2D eigenvalue weighted by Gasteiger charge is 2.21. The maximum Gasteiger partial charge on any atom is 0.239 e. The van der Waals surface area contributed by atoms with Gasteiger partial charge in [-0.3, -0.25) is 4.79 Å². The Morgan fingerprint density at radius 1 is 1.47 bits per heavy atom. The molecule has 0 bridgehead atoms. The lowest BCUT2D eigenvalue weighted by atomic mass is 10.0. The first-order valence-corrected chi connectivity index (χ1v) is 6.23. The summed E-state index contributed by atoms with van der Waals surface area (Å²) in [5.74, 6) is 0.483. The van der Waals surface area contributed by atoms with Crippen LogP contribution < -0.4 is 10.5 Å². The molecule has 0 aliphatic carbocycles. The number of rotatable bonds is 5. The topological polar surface area (TPSA) is 75.8 Å². The van der Waals surface area contributed by atoms with Gasteiger partial charge < -0.3 is 20.5 Å². The van der Waals surface area contributed by atoms with Crippen LogP contribution in [0.1, 0.15) is 19.4 Å². The van der Waals surface area contributed by atoms with Gasteiger partial charge in [0.1, 0.15) is 0 Å². The van der Waals surface area contributed by atoms with Crippen LogP contribution in [0, 0.1) is 5.92 Å². The predicted molar refractivity (Wildman–Crippen MR) is 73.9 cm³/mol. The number of benzene rings is 1. The lowest BCUT2D eigenvalue weighted by Crippen LogP contribution is -2.44. The molecule has 1 atom stereocenters. The Balaban J connectivity index is 2.77. The number of carbonyl (C=O) groups is 1. The van der Waals surface area contributed by atoms with E-state index in [9.17, 15) is 9.90 Å².